The molecule has 1 amide bonds. The van der Waals surface area contributed by atoms with E-state index in [1.54, 1.807) is 7.11 Å². The summed E-state index contributed by atoms with van der Waals surface area (Å²) in [5.74, 6) is 0.952. The summed E-state index contributed by atoms with van der Waals surface area (Å²) in [7, 11) is 1.59. The third-order valence-corrected chi connectivity index (χ3v) is 6.52. The van der Waals surface area contributed by atoms with E-state index in [2.05, 4.69) is 5.32 Å². The van der Waals surface area contributed by atoms with Gasteiger partial charge in [0, 0.05) is 23.1 Å². The summed E-state index contributed by atoms with van der Waals surface area (Å²) >= 11 is 6.13. The summed E-state index contributed by atoms with van der Waals surface area (Å²) in [6.07, 6.45) is 1.80. The molecule has 176 valence electrons. The lowest BCUT2D eigenvalue weighted by molar-refractivity contribution is -0.137. The van der Waals surface area contributed by atoms with Crippen LogP contribution in [0.2, 0.25) is 5.02 Å². The number of hydrogen-bond acceptors (Lipinski definition) is 3. The predicted molar refractivity (Wildman–Crippen MR) is 121 cm³/mol. The molecule has 2 aliphatic rings. The van der Waals surface area contributed by atoms with E-state index in [9.17, 15) is 18.0 Å². The summed E-state index contributed by atoms with van der Waals surface area (Å²) in [5, 5.41) is 3.00. The predicted octanol–water partition coefficient (Wildman–Crippen LogP) is 6.38. The van der Waals surface area contributed by atoms with Crippen LogP contribution in [0.4, 0.5) is 13.2 Å². The van der Waals surface area contributed by atoms with Gasteiger partial charge in [-0.15, -0.1) is 0 Å². The Labute approximate surface area is 195 Å². The second kappa shape index (κ2) is 9.67. The quantitative estimate of drug-likeness (QED) is 0.506. The molecule has 2 aromatic carbocycles. The average molecular weight is 480 g/mol. The van der Waals surface area contributed by atoms with Crippen molar-refractivity contribution in [3.63, 3.8) is 0 Å². The first-order valence-corrected chi connectivity index (χ1v) is 11.3. The Kier molecular flexibility index (Phi) is 6.88. The van der Waals surface area contributed by atoms with Crippen molar-refractivity contribution in [2.45, 2.75) is 50.3 Å². The van der Waals surface area contributed by atoms with Gasteiger partial charge in [-0.25, -0.2) is 0 Å². The van der Waals surface area contributed by atoms with Crippen molar-refractivity contribution in [3.05, 3.63) is 63.7 Å². The fourth-order valence-corrected chi connectivity index (χ4v) is 4.54. The monoisotopic (exact) mass is 479 g/mol. The Morgan fingerprint density at radius 1 is 1.09 bits per heavy atom. The van der Waals surface area contributed by atoms with Gasteiger partial charge in [0.05, 0.1) is 18.8 Å². The maximum absolute atomic E-state index is 13.1. The number of carbonyl (C=O) groups is 1. The lowest BCUT2D eigenvalue weighted by atomic mass is 9.87. The topological polar surface area (TPSA) is 47.6 Å². The second-order valence-electron chi connectivity index (χ2n) is 8.45. The van der Waals surface area contributed by atoms with Crippen LogP contribution in [-0.2, 0) is 11.0 Å². The maximum Gasteiger partial charge on any atom is 0.416 e. The van der Waals surface area contributed by atoms with Gasteiger partial charge in [0.2, 0.25) is 5.91 Å². The van der Waals surface area contributed by atoms with Gasteiger partial charge in [0.25, 0.3) is 0 Å². The number of halogens is 4. The zero-order valence-electron chi connectivity index (χ0n) is 18.2. The van der Waals surface area contributed by atoms with E-state index in [1.807, 2.05) is 18.2 Å². The zero-order chi connectivity index (χ0) is 23.6. The maximum atomic E-state index is 13.1. The Bertz CT molecular complexity index is 1060. The van der Waals surface area contributed by atoms with E-state index in [4.69, 9.17) is 21.1 Å². The first kappa shape index (κ1) is 23.5. The fraction of sp³-hybridized carbons (Fsp3) is 0.400. The van der Waals surface area contributed by atoms with Crippen molar-refractivity contribution in [2.24, 2.45) is 0 Å². The molecule has 0 unspecified atom stereocenters. The molecule has 4 nitrogen and oxygen atoms in total. The van der Waals surface area contributed by atoms with Gasteiger partial charge in [-0.2, -0.15) is 13.2 Å². The number of methoxy groups -OCH3 is 1. The van der Waals surface area contributed by atoms with E-state index in [0.29, 0.717) is 30.0 Å². The zero-order valence-corrected chi connectivity index (χ0v) is 18.9. The molecule has 1 saturated heterocycles. The van der Waals surface area contributed by atoms with Crippen molar-refractivity contribution in [1.29, 1.82) is 0 Å². The molecule has 1 aliphatic heterocycles. The normalized spacial score (nSPS) is 20.7. The van der Waals surface area contributed by atoms with Gasteiger partial charge >= 0.3 is 6.18 Å². The number of hydrogen-bond donors (Lipinski definition) is 1. The van der Waals surface area contributed by atoms with Crippen molar-refractivity contribution >= 4 is 23.6 Å². The van der Waals surface area contributed by atoms with Crippen LogP contribution in [0.3, 0.4) is 0 Å². The molecule has 8 heteroatoms. The van der Waals surface area contributed by atoms with Crippen LogP contribution in [0.25, 0.3) is 6.08 Å². The van der Waals surface area contributed by atoms with E-state index in [0.717, 1.165) is 43.4 Å². The highest BCUT2D eigenvalue weighted by Crippen LogP contribution is 2.38. The third kappa shape index (κ3) is 5.46. The molecular formula is C25H25ClF3NO3. The Balaban J connectivity index is 1.60. The number of benzene rings is 2. The first-order valence-electron chi connectivity index (χ1n) is 10.9. The molecule has 4 rings (SSSR count). The molecule has 1 saturated carbocycles. The van der Waals surface area contributed by atoms with Crippen LogP contribution in [0.15, 0.2) is 42.0 Å². The van der Waals surface area contributed by atoms with E-state index >= 15 is 0 Å². The van der Waals surface area contributed by atoms with Gasteiger partial charge in [-0.05, 0) is 79.6 Å². The number of carbonyl (C=O) groups excluding carboxylic acids is 1. The number of ether oxygens (including phenoxy) is 2. The minimum Gasteiger partial charge on any atom is -0.493 e. The number of alkyl halides is 3. The lowest BCUT2D eigenvalue weighted by Gasteiger charge is -2.26. The van der Waals surface area contributed by atoms with Gasteiger partial charge in [0.1, 0.15) is 0 Å². The standard InChI is InChI=1S/C25H25ClF3NO3/c1-32-22-9-6-15(13-23(22)33-20-4-2-3-5-20)18-11-17(24(31)30-14-18)10-16-12-19(25(27,28)29)7-8-21(16)26/h6-10,12-13,18,20H,2-5,11,14H2,1H3,(H,30,31)/t18-/m1/s1. The van der Waals surface area contributed by atoms with Crippen LogP contribution >= 0.6 is 11.6 Å². The SMILES string of the molecule is COc1ccc([C@H]2CNC(=O)C(=Cc3cc(C(F)(F)F)ccc3Cl)C2)cc1OC1CCCC1. The van der Waals surface area contributed by atoms with Crippen molar-refractivity contribution < 1.29 is 27.4 Å². The van der Waals surface area contributed by atoms with E-state index in [1.165, 1.54) is 12.1 Å². The number of rotatable bonds is 5. The molecule has 1 atom stereocenters. The molecule has 33 heavy (non-hydrogen) atoms. The van der Waals surface area contributed by atoms with E-state index in [-0.39, 0.29) is 28.5 Å². The number of piperidine rings is 1. The minimum atomic E-state index is -4.49. The molecule has 2 aromatic rings. The molecule has 1 N–H and O–H groups in total. The summed E-state index contributed by atoms with van der Waals surface area (Å²) in [6.45, 7) is 0.418. The fourth-order valence-electron chi connectivity index (χ4n) is 4.36. The van der Waals surface area contributed by atoms with Crippen molar-refractivity contribution in [2.75, 3.05) is 13.7 Å². The second-order valence-corrected chi connectivity index (χ2v) is 8.86. The highest BCUT2D eigenvalue weighted by atomic mass is 35.5. The molecule has 0 bridgehead atoms. The first-order chi connectivity index (χ1) is 15.7. The molecular weight excluding hydrogens is 455 g/mol. The third-order valence-electron chi connectivity index (χ3n) is 6.17. The highest BCUT2D eigenvalue weighted by Gasteiger charge is 2.31. The Morgan fingerprint density at radius 2 is 1.85 bits per heavy atom. The molecule has 0 spiro atoms. The van der Waals surface area contributed by atoms with Gasteiger partial charge < -0.3 is 14.8 Å². The van der Waals surface area contributed by atoms with Gasteiger partial charge in [-0.1, -0.05) is 17.7 Å². The minimum absolute atomic E-state index is 0.0599. The van der Waals surface area contributed by atoms with Crippen LogP contribution in [0, 0.1) is 0 Å². The number of nitrogens with one attached hydrogen (secondary N) is 1. The van der Waals surface area contributed by atoms with Crippen molar-refractivity contribution in [1.82, 2.24) is 5.32 Å². The van der Waals surface area contributed by atoms with Gasteiger partial charge in [-0.3, -0.25) is 4.79 Å². The number of amides is 1. The van der Waals surface area contributed by atoms with Crippen molar-refractivity contribution in [3.8, 4) is 11.5 Å². The van der Waals surface area contributed by atoms with Crippen LogP contribution < -0.4 is 14.8 Å². The Hall–Kier alpha value is -2.67. The van der Waals surface area contributed by atoms with Crippen LogP contribution in [0.1, 0.15) is 54.7 Å². The van der Waals surface area contributed by atoms with Crippen LogP contribution in [0.5, 0.6) is 11.5 Å². The molecule has 1 aliphatic carbocycles. The molecule has 2 fully saturated rings. The molecule has 0 radical (unpaired) electrons. The highest BCUT2D eigenvalue weighted by molar-refractivity contribution is 6.32. The summed E-state index contributed by atoms with van der Waals surface area (Å²) in [4.78, 5) is 12.5. The summed E-state index contributed by atoms with van der Waals surface area (Å²) < 4.78 is 51.0. The molecule has 0 aromatic heterocycles. The molecule has 1 heterocycles. The van der Waals surface area contributed by atoms with Crippen LogP contribution in [-0.4, -0.2) is 25.7 Å². The van der Waals surface area contributed by atoms with Gasteiger partial charge in [0.15, 0.2) is 11.5 Å². The summed E-state index contributed by atoms with van der Waals surface area (Å²) in [5.41, 5.74) is 0.694. The summed E-state index contributed by atoms with van der Waals surface area (Å²) in [6, 6.07) is 8.81. The van der Waals surface area contributed by atoms with E-state index < -0.39 is 11.7 Å². The average Bonchev–Trinajstić information content (AvgIpc) is 3.29. The Morgan fingerprint density at radius 3 is 2.55 bits per heavy atom. The largest absolute Gasteiger partial charge is 0.493 e. The smallest absolute Gasteiger partial charge is 0.416 e. The lowest BCUT2D eigenvalue weighted by Crippen LogP contribution is -2.35.